The number of rotatable bonds is 3. The molecule has 4 rings (SSSR count). The van der Waals surface area contributed by atoms with E-state index in [1.165, 1.54) is 0 Å². The molecule has 0 amide bonds. The predicted molar refractivity (Wildman–Crippen MR) is 103 cm³/mol. The third kappa shape index (κ3) is 2.70. The number of aryl methyl sites for hydroxylation is 1. The molecule has 1 aliphatic carbocycles. The molecule has 128 valence electrons. The van der Waals surface area contributed by atoms with Gasteiger partial charge in [-0.15, -0.1) is 11.8 Å². The highest BCUT2D eigenvalue weighted by molar-refractivity contribution is 7.98. The Kier molecular flexibility index (Phi) is 4.16. The molecule has 3 nitrogen and oxygen atoms in total. The van der Waals surface area contributed by atoms with Crippen molar-refractivity contribution in [2.45, 2.75) is 36.0 Å². The van der Waals surface area contributed by atoms with Gasteiger partial charge in [0.1, 0.15) is 0 Å². The van der Waals surface area contributed by atoms with Crippen molar-refractivity contribution >= 4 is 32.7 Å². The number of benzene rings is 2. The third-order valence-electron chi connectivity index (χ3n) is 4.74. The first-order valence-electron chi connectivity index (χ1n) is 8.25. The van der Waals surface area contributed by atoms with Gasteiger partial charge in [-0.05, 0) is 74.8 Å². The molecule has 25 heavy (non-hydrogen) atoms. The summed E-state index contributed by atoms with van der Waals surface area (Å²) >= 11 is 1.67. The van der Waals surface area contributed by atoms with Crippen LogP contribution < -0.4 is 0 Å². The largest absolute Gasteiger partial charge is 0.268 e. The van der Waals surface area contributed by atoms with Gasteiger partial charge >= 0.3 is 0 Å². The Morgan fingerprint density at radius 3 is 2.60 bits per heavy atom. The lowest BCUT2D eigenvalue weighted by Crippen LogP contribution is -2.17. The third-order valence-corrected chi connectivity index (χ3v) is 7.23. The smallest absolute Gasteiger partial charge is 0.238 e. The number of nitrogens with zero attached hydrogens (tertiary/aromatic N) is 1. The maximum atomic E-state index is 13.4. The second-order valence-electron chi connectivity index (χ2n) is 6.32. The van der Waals surface area contributed by atoms with E-state index in [0.717, 1.165) is 39.0 Å². The minimum Gasteiger partial charge on any atom is -0.238 e. The van der Waals surface area contributed by atoms with Gasteiger partial charge in [0.25, 0.3) is 10.0 Å². The molecule has 0 bridgehead atoms. The summed E-state index contributed by atoms with van der Waals surface area (Å²) in [5, 5.41) is 1.03. The SMILES string of the molecule is CSc1ccc2c(c1)c1c(n2S(=O)(=O)c2ccc(C)cc2)CC[C]C1. The normalized spacial score (nSPS) is 14.6. The zero-order valence-electron chi connectivity index (χ0n) is 14.2. The Morgan fingerprint density at radius 2 is 1.88 bits per heavy atom. The summed E-state index contributed by atoms with van der Waals surface area (Å²) in [7, 11) is -3.62. The van der Waals surface area contributed by atoms with Crippen LogP contribution in [0.5, 0.6) is 0 Å². The van der Waals surface area contributed by atoms with Gasteiger partial charge in [0, 0.05) is 16.0 Å². The molecule has 0 fully saturated rings. The van der Waals surface area contributed by atoms with Crippen LogP contribution in [0.3, 0.4) is 0 Å². The second kappa shape index (κ2) is 6.22. The quantitative estimate of drug-likeness (QED) is 0.639. The second-order valence-corrected chi connectivity index (χ2v) is 8.98. The van der Waals surface area contributed by atoms with Crippen LogP contribution in [0, 0.1) is 13.3 Å². The van der Waals surface area contributed by atoms with Crippen molar-refractivity contribution in [2.75, 3.05) is 6.26 Å². The van der Waals surface area contributed by atoms with Crippen molar-refractivity contribution in [2.24, 2.45) is 0 Å². The number of hydrogen-bond donors (Lipinski definition) is 0. The van der Waals surface area contributed by atoms with Crippen molar-refractivity contribution < 1.29 is 8.42 Å². The molecule has 1 aliphatic rings. The fourth-order valence-electron chi connectivity index (χ4n) is 3.44. The van der Waals surface area contributed by atoms with Gasteiger partial charge in [0.15, 0.2) is 0 Å². The van der Waals surface area contributed by atoms with Gasteiger partial charge in [0.2, 0.25) is 0 Å². The summed E-state index contributed by atoms with van der Waals surface area (Å²) in [5.41, 5.74) is 3.83. The number of hydrogen-bond acceptors (Lipinski definition) is 3. The predicted octanol–water partition coefficient (Wildman–Crippen LogP) is 4.48. The van der Waals surface area contributed by atoms with Crippen molar-refractivity contribution in [3.05, 3.63) is 65.7 Å². The highest BCUT2D eigenvalue weighted by Gasteiger charge is 2.28. The lowest BCUT2D eigenvalue weighted by atomic mass is 9.96. The highest BCUT2D eigenvalue weighted by Crippen LogP contribution is 2.36. The average molecular weight is 370 g/mol. The molecule has 2 radical (unpaired) electrons. The molecule has 0 spiro atoms. The van der Waals surface area contributed by atoms with Crippen molar-refractivity contribution in [3.8, 4) is 0 Å². The fraction of sp³-hybridized carbons (Fsp3) is 0.250. The maximum Gasteiger partial charge on any atom is 0.268 e. The van der Waals surface area contributed by atoms with Crippen molar-refractivity contribution in [1.82, 2.24) is 3.97 Å². The Morgan fingerprint density at radius 1 is 1.12 bits per heavy atom. The van der Waals surface area contributed by atoms with Gasteiger partial charge < -0.3 is 0 Å². The Labute approximate surface area is 153 Å². The van der Waals surface area contributed by atoms with Crippen LogP contribution in [-0.2, 0) is 22.9 Å². The highest BCUT2D eigenvalue weighted by atomic mass is 32.2. The van der Waals surface area contributed by atoms with Gasteiger partial charge in [-0.1, -0.05) is 17.7 Å². The van der Waals surface area contributed by atoms with Gasteiger partial charge in [0.05, 0.1) is 10.4 Å². The van der Waals surface area contributed by atoms with E-state index < -0.39 is 10.0 Å². The lowest BCUT2D eigenvalue weighted by Gasteiger charge is -2.16. The summed E-state index contributed by atoms with van der Waals surface area (Å²) in [5.74, 6) is 0. The van der Waals surface area contributed by atoms with E-state index in [9.17, 15) is 8.42 Å². The van der Waals surface area contributed by atoms with Crippen LogP contribution in [0.4, 0.5) is 0 Å². The summed E-state index contributed by atoms with van der Waals surface area (Å²) in [6.07, 6.45) is 7.62. The lowest BCUT2D eigenvalue weighted by molar-refractivity contribution is 0.585. The topological polar surface area (TPSA) is 39.1 Å². The van der Waals surface area contributed by atoms with Crippen LogP contribution in [0.1, 0.15) is 23.2 Å². The summed E-state index contributed by atoms with van der Waals surface area (Å²) in [6, 6.07) is 13.1. The Hall–Kier alpha value is -1.72. The molecular weight excluding hydrogens is 350 g/mol. The van der Waals surface area contributed by atoms with E-state index in [4.69, 9.17) is 0 Å². The van der Waals surface area contributed by atoms with E-state index in [0.29, 0.717) is 17.7 Å². The molecule has 0 atom stereocenters. The molecule has 1 aromatic heterocycles. The van der Waals surface area contributed by atoms with E-state index in [2.05, 4.69) is 12.5 Å². The van der Waals surface area contributed by atoms with Gasteiger partial charge in [-0.25, -0.2) is 12.4 Å². The first-order valence-corrected chi connectivity index (χ1v) is 10.9. The Balaban J connectivity index is 2.02. The van der Waals surface area contributed by atoms with Crippen LogP contribution in [-0.4, -0.2) is 18.6 Å². The standard InChI is InChI=1S/C20H19NO2S2/c1-14-7-10-16(11-8-14)25(22,23)21-19-6-4-3-5-17(19)18-13-15(24-2)9-12-20(18)21/h7-13H,4-6H2,1-2H3. The van der Waals surface area contributed by atoms with E-state index in [1.54, 1.807) is 27.9 Å². The molecule has 0 unspecified atom stereocenters. The monoisotopic (exact) mass is 369 g/mol. The molecular formula is C20H19NO2S2. The first-order chi connectivity index (χ1) is 12.0. The summed E-state index contributed by atoms with van der Waals surface area (Å²) in [4.78, 5) is 1.48. The Bertz CT molecular complexity index is 1050. The van der Waals surface area contributed by atoms with E-state index in [1.807, 2.05) is 37.4 Å². The van der Waals surface area contributed by atoms with Crippen LogP contribution in [0.15, 0.2) is 52.3 Å². The molecule has 0 saturated carbocycles. The van der Waals surface area contributed by atoms with E-state index >= 15 is 0 Å². The number of fused-ring (bicyclic) bond motifs is 3. The van der Waals surface area contributed by atoms with Gasteiger partial charge in [-0.2, -0.15) is 0 Å². The molecule has 0 aliphatic heterocycles. The van der Waals surface area contributed by atoms with Crippen molar-refractivity contribution in [1.29, 1.82) is 0 Å². The molecule has 0 N–H and O–H groups in total. The minimum absolute atomic E-state index is 0.338. The molecule has 3 aromatic rings. The summed E-state index contributed by atoms with van der Waals surface area (Å²) in [6.45, 7) is 1.96. The zero-order valence-corrected chi connectivity index (χ0v) is 15.9. The number of aromatic nitrogens is 1. The minimum atomic E-state index is -3.62. The zero-order chi connectivity index (χ0) is 17.6. The molecule has 5 heteroatoms. The first kappa shape index (κ1) is 16.7. The maximum absolute atomic E-state index is 13.4. The van der Waals surface area contributed by atoms with Crippen molar-refractivity contribution in [3.63, 3.8) is 0 Å². The fourth-order valence-corrected chi connectivity index (χ4v) is 5.48. The molecule has 0 saturated heterocycles. The van der Waals surface area contributed by atoms with E-state index in [-0.39, 0.29) is 0 Å². The van der Waals surface area contributed by atoms with Crippen LogP contribution >= 0.6 is 11.8 Å². The molecule has 2 aromatic carbocycles. The number of thioether (sulfide) groups is 1. The molecule has 1 heterocycles. The van der Waals surface area contributed by atoms with Crippen LogP contribution in [0.25, 0.3) is 10.9 Å². The van der Waals surface area contributed by atoms with Gasteiger partial charge in [-0.3, -0.25) is 0 Å². The van der Waals surface area contributed by atoms with Crippen LogP contribution in [0.2, 0.25) is 0 Å². The average Bonchev–Trinajstić information content (AvgIpc) is 2.96. The summed E-state index contributed by atoms with van der Waals surface area (Å²) < 4.78 is 28.3.